The lowest BCUT2D eigenvalue weighted by Gasteiger charge is -2.34. The number of hydrogen-bond acceptors (Lipinski definition) is 5. The van der Waals surface area contributed by atoms with Crippen molar-refractivity contribution in [3.8, 4) is 5.75 Å². The lowest BCUT2D eigenvalue weighted by atomic mass is 9.76. The maximum absolute atomic E-state index is 5.39. The van der Waals surface area contributed by atoms with E-state index < -0.39 is 0 Å². The highest BCUT2D eigenvalue weighted by molar-refractivity contribution is 5.63. The second-order valence-corrected chi connectivity index (χ2v) is 5.58. The van der Waals surface area contributed by atoms with E-state index in [4.69, 9.17) is 4.74 Å². The van der Waals surface area contributed by atoms with Crippen LogP contribution in [0.15, 0.2) is 6.33 Å². The third-order valence-electron chi connectivity index (χ3n) is 3.99. The summed E-state index contributed by atoms with van der Waals surface area (Å²) >= 11 is 0. The zero-order valence-electron chi connectivity index (χ0n) is 12.1. The molecule has 1 aromatic heterocycles. The molecule has 106 valence electrons. The van der Waals surface area contributed by atoms with E-state index in [-0.39, 0.29) is 0 Å². The Balaban J connectivity index is 2.06. The van der Waals surface area contributed by atoms with Crippen LogP contribution in [0.3, 0.4) is 0 Å². The number of ether oxygens (including phenoxy) is 1. The van der Waals surface area contributed by atoms with Crippen LogP contribution in [0.25, 0.3) is 0 Å². The fourth-order valence-electron chi connectivity index (χ4n) is 2.75. The molecule has 0 radical (unpaired) electrons. The van der Waals surface area contributed by atoms with Crippen molar-refractivity contribution in [1.82, 2.24) is 9.97 Å². The number of hydrogen-bond donors (Lipinski definition) is 2. The van der Waals surface area contributed by atoms with Gasteiger partial charge in [0.1, 0.15) is 6.33 Å². The van der Waals surface area contributed by atoms with Crippen LogP contribution in [0.5, 0.6) is 5.75 Å². The fourth-order valence-corrected chi connectivity index (χ4v) is 2.75. The average molecular weight is 264 g/mol. The summed E-state index contributed by atoms with van der Waals surface area (Å²) in [7, 11) is 3.48. The first kappa shape index (κ1) is 13.9. The van der Waals surface area contributed by atoms with Gasteiger partial charge in [-0.2, -0.15) is 0 Å². The molecule has 1 aromatic rings. The summed E-state index contributed by atoms with van der Waals surface area (Å²) in [5.74, 6) is 2.17. The molecule has 0 aromatic carbocycles. The largest absolute Gasteiger partial charge is 0.490 e. The van der Waals surface area contributed by atoms with Crippen molar-refractivity contribution in [1.29, 1.82) is 0 Å². The summed E-state index contributed by atoms with van der Waals surface area (Å²) in [6.45, 7) is 3.29. The van der Waals surface area contributed by atoms with E-state index >= 15 is 0 Å². The van der Waals surface area contributed by atoms with Gasteiger partial charge in [0.15, 0.2) is 11.6 Å². The number of nitrogens with one attached hydrogen (secondary N) is 2. The first-order valence-electron chi connectivity index (χ1n) is 6.99. The van der Waals surface area contributed by atoms with E-state index in [2.05, 4.69) is 27.5 Å². The molecule has 0 bridgehead atoms. The minimum Gasteiger partial charge on any atom is -0.490 e. The topological polar surface area (TPSA) is 59.1 Å². The molecule has 2 rings (SSSR count). The van der Waals surface area contributed by atoms with E-state index in [9.17, 15) is 0 Å². The van der Waals surface area contributed by atoms with Gasteiger partial charge in [-0.1, -0.05) is 26.2 Å². The Hall–Kier alpha value is -1.52. The average Bonchev–Trinajstić information content (AvgIpc) is 2.45. The minimum atomic E-state index is 0.369. The van der Waals surface area contributed by atoms with Crippen LogP contribution in [-0.4, -0.2) is 30.7 Å². The molecule has 0 aliphatic heterocycles. The van der Waals surface area contributed by atoms with Crippen molar-refractivity contribution in [2.24, 2.45) is 5.41 Å². The predicted octanol–water partition coefficient (Wildman–Crippen LogP) is 2.91. The van der Waals surface area contributed by atoms with Crippen molar-refractivity contribution in [3.63, 3.8) is 0 Å². The van der Waals surface area contributed by atoms with Crippen LogP contribution < -0.4 is 15.4 Å². The molecule has 1 fully saturated rings. The summed E-state index contributed by atoms with van der Waals surface area (Å²) in [6.07, 6.45) is 8.16. The van der Waals surface area contributed by atoms with E-state index in [0.717, 1.165) is 12.4 Å². The highest BCUT2D eigenvalue weighted by Gasteiger charge is 2.27. The normalized spacial score (nSPS) is 17.8. The molecule has 0 saturated heterocycles. The first-order chi connectivity index (χ1) is 9.18. The van der Waals surface area contributed by atoms with Gasteiger partial charge in [-0.15, -0.1) is 0 Å². The number of methoxy groups -OCH3 is 1. The lowest BCUT2D eigenvalue weighted by Crippen LogP contribution is -2.29. The molecule has 0 spiro atoms. The monoisotopic (exact) mass is 264 g/mol. The van der Waals surface area contributed by atoms with E-state index in [0.29, 0.717) is 17.0 Å². The Kier molecular flexibility index (Phi) is 4.45. The van der Waals surface area contributed by atoms with E-state index in [1.807, 2.05) is 7.05 Å². The van der Waals surface area contributed by atoms with Gasteiger partial charge in [0.05, 0.1) is 7.11 Å². The lowest BCUT2D eigenvalue weighted by molar-refractivity contribution is 0.233. The Morgan fingerprint density at radius 3 is 2.53 bits per heavy atom. The summed E-state index contributed by atoms with van der Waals surface area (Å²) in [5, 5.41) is 6.45. The number of nitrogens with zero attached hydrogens (tertiary/aromatic N) is 2. The molecule has 1 heterocycles. The number of anilines is 2. The van der Waals surface area contributed by atoms with Crippen LogP contribution in [-0.2, 0) is 0 Å². The fraction of sp³-hybridized carbons (Fsp3) is 0.714. The van der Waals surface area contributed by atoms with Gasteiger partial charge in [-0.25, -0.2) is 9.97 Å². The van der Waals surface area contributed by atoms with Gasteiger partial charge in [0, 0.05) is 13.6 Å². The van der Waals surface area contributed by atoms with Gasteiger partial charge in [-0.05, 0) is 18.3 Å². The number of aromatic nitrogens is 2. The Bertz CT molecular complexity index is 416. The highest BCUT2D eigenvalue weighted by Crippen LogP contribution is 2.37. The van der Waals surface area contributed by atoms with Gasteiger partial charge in [0.25, 0.3) is 0 Å². The first-order valence-corrected chi connectivity index (χ1v) is 6.99. The third kappa shape index (κ3) is 3.28. The van der Waals surface area contributed by atoms with Crippen molar-refractivity contribution in [2.75, 3.05) is 31.3 Å². The third-order valence-corrected chi connectivity index (χ3v) is 3.99. The van der Waals surface area contributed by atoms with E-state index in [1.54, 1.807) is 13.4 Å². The van der Waals surface area contributed by atoms with Crippen molar-refractivity contribution < 1.29 is 4.74 Å². The Morgan fingerprint density at radius 2 is 1.89 bits per heavy atom. The SMILES string of the molecule is CNc1ncnc(NCC2(C)CCCCC2)c1OC. The molecule has 5 heteroatoms. The molecule has 1 saturated carbocycles. The zero-order chi connectivity index (χ0) is 13.7. The maximum Gasteiger partial charge on any atom is 0.204 e. The predicted molar refractivity (Wildman–Crippen MR) is 77.8 cm³/mol. The van der Waals surface area contributed by atoms with Crippen LogP contribution in [0, 0.1) is 5.41 Å². The molecule has 0 amide bonds. The zero-order valence-corrected chi connectivity index (χ0v) is 12.1. The van der Waals surface area contributed by atoms with Gasteiger partial charge in [-0.3, -0.25) is 0 Å². The quantitative estimate of drug-likeness (QED) is 0.856. The molecular weight excluding hydrogens is 240 g/mol. The second-order valence-electron chi connectivity index (χ2n) is 5.58. The molecule has 2 N–H and O–H groups in total. The summed E-state index contributed by atoms with van der Waals surface area (Å²) in [4.78, 5) is 8.44. The number of rotatable bonds is 5. The maximum atomic E-state index is 5.39. The van der Waals surface area contributed by atoms with Gasteiger partial charge in [0.2, 0.25) is 5.75 Å². The van der Waals surface area contributed by atoms with Crippen LogP contribution in [0.2, 0.25) is 0 Å². The van der Waals surface area contributed by atoms with Gasteiger partial charge >= 0.3 is 0 Å². The van der Waals surface area contributed by atoms with E-state index in [1.165, 1.54) is 32.1 Å². The molecule has 5 nitrogen and oxygen atoms in total. The summed E-state index contributed by atoms with van der Waals surface area (Å²) < 4.78 is 5.39. The minimum absolute atomic E-state index is 0.369. The smallest absolute Gasteiger partial charge is 0.204 e. The van der Waals surface area contributed by atoms with Crippen LogP contribution in [0.1, 0.15) is 39.0 Å². The van der Waals surface area contributed by atoms with Gasteiger partial charge < -0.3 is 15.4 Å². The molecule has 1 aliphatic carbocycles. The molecule has 19 heavy (non-hydrogen) atoms. The van der Waals surface area contributed by atoms with Crippen LogP contribution in [0.4, 0.5) is 11.6 Å². The van der Waals surface area contributed by atoms with Crippen molar-refractivity contribution in [3.05, 3.63) is 6.33 Å². The Morgan fingerprint density at radius 1 is 1.21 bits per heavy atom. The van der Waals surface area contributed by atoms with Crippen molar-refractivity contribution >= 4 is 11.6 Å². The second kappa shape index (κ2) is 6.08. The van der Waals surface area contributed by atoms with Crippen molar-refractivity contribution in [2.45, 2.75) is 39.0 Å². The van der Waals surface area contributed by atoms with Crippen LogP contribution >= 0.6 is 0 Å². The molecule has 1 aliphatic rings. The highest BCUT2D eigenvalue weighted by atomic mass is 16.5. The summed E-state index contributed by atoms with van der Waals surface area (Å²) in [5.41, 5.74) is 0.369. The molecular formula is C14H24N4O. The Labute approximate surface area is 115 Å². The standard InChI is InChI=1S/C14H24N4O/c1-14(7-5-4-6-8-14)9-16-13-11(19-3)12(15-2)17-10-18-13/h10H,4-9H2,1-3H3,(H2,15,16,17,18). The molecule has 0 atom stereocenters. The molecule has 0 unspecified atom stereocenters. The summed E-state index contributed by atoms with van der Waals surface area (Å²) in [6, 6.07) is 0.